The number of benzene rings is 1. The van der Waals surface area contributed by atoms with Gasteiger partial charge in [-0.1, -0.05) is 38.1 Å². The van der Waals surface area contributed by atoms with E-state index in [1.54, 1.807) is 12.1 Å². The Bertz CT molecular complexity index is 407. The van der Waals surface area contributed by atoms with E-state index in [4.69, 9.17) is 5.73 Å². The van der Waals surface area contributed by atoms with Crippen LogP contribution in [0.2, 0.25) is 0 Å². The van der Waals surface area contributed by atoms with E-state index in [0.29, 0.717) is 12.0 Å². The Balaban J connectivity index is 2.69. The molecule has 0 spiro atoms. The first-order valence-corrected chi connectivity index (χ1v) is 5.81. The highest BCUT2D eigenvalue weighted by Crippen LogP contribution is 2.09. The van der Waals surface area contributed by atoms with E-state index in [-0.39, 0.29) is 17.5 Å². The molecular formula is C14H19NO2. The minimum Gasteiger partial charge on any atom is -0.321 e. The first kappa shape index (κ1) is 13.6. The Morgan fingerprint density at radius 2 is 1.71 bits per heavy atom. The van der Waals surface area contributed by atoms with E-state index < -0.39 is 6.04 Å². The molecule has 0 radical (unpaired) electrons. The molecule has 0 aliphatic heterocycles. The molecule has 17 heavy (non-hydrogen) atoms. The summed E-state index contributed by atoms with van der Waals surface area (Å²) in [6, 6.07) is 6.78. The first-order valence-electron chi connectivity index (χ1n) is 5.81. The van der Waals surface area contributed by atoms with Crippen LogP contribution in [0.5, 0.6) is 0 Å². The summed E-state index contributed by atoms with van der Waals surface area (Å²) in [6.45, 7) is 5.23. The highest BCUT2D eigenvalue weighted by Gasteiger charge is 2.17. The maximum atomic E-state index is 11.6. The van der Waals surface area contributed by atoms with Crippen LogP contribution in [-0.2, 0) is 11.2 Å². The summed E-state index contributed by atoms with van der Waals surface area (Å²) in [7, 11) is 0. The Kier molecular flexibility index (Phi) is 4.58. The van der Waals surface area contributed by atoms with Gasteiger partial charge in [0.15, 0.2) is 11.6 Å². The molecule has 1 unspecified atom stereocenters. The van der Waals surface area contributed by atoms with Crippen molar-refractivity contribution in [1.82, 2.24) is 0 Å². The zero-order valence-corrected chi connectivity index (χ0v) is 10.6. The van der Waals surface area contributed by atoms with E-state index in [2.05, 4.69) is 0 Å². The molecule has 92 valence electrons. The van der Waals surface area contributed by atoms with Gasteiger partial charge in [0.2, 0.25) is 0 Å². The summed E-state index contributed by atoms with van der Waals surface area (Å²) in [6.07, 6.45) is 0.523. The molecule has 0 saturated carbocycles. The molecule has 0 aromatic heterocycles. The van der Waals surface area contributed by atoms with Crippen LogP contribution in [0.4, 0.5) is 0 Å². The standard InChI is InChI=1S/C14H19NO2/c1-9(2)14(17)13(15)8-11-4-6-12(7-5-11)10(3)16/h4-7,9,13H,8,15H2,1-3H3. The van der Waals surface area contributed by atoms with Crippen LogP contribution in [0, 0.1) is 5.92 Å². The van der Waals surface area contributed by atoms with Gasteiger partial charge in [-0.15, -0.1) is 0 Å². The van der Waals surface area contributed by atoms with Crippen molar-refractivity contribution in [1.29, 1.82) is 0 Å². The highest BCUT2D eigenvalue weighted by molar-refractivity contribution is 5.94. The third-order valence-electron chi connectivity index (χ3n) is 2.75. The molecule has 3 heteroatoms. The van der Waals surface area contributed by atoms with Crippen LogP contribution >= 0.6 is 0 Å². The van der Waals surface area contributed by atoms with Gasteiger partial charge in [0.1, 0.15) is 0 Å². The fourth-order valence-electron chi connectivity index (χ4n) is 1.66. The van der Waals surface area contributed by atoms with Crippen LogP contribution in [-0.4, -0.2) is 17.6 Å². The van der Waals surface area contributed by atoms with Gasteiger partial charge in [0, 0.05) is 11.5 Å². The number of carbonyl (C=O) groups is 2. The molecule has 3 nitrogen and oxygen atoms in total. The number of hydrogen-bond acceptors (Lipinski definition) is 3. The monoisotopic (exact) mass is 233 g/mol. The maximum Gasteiger partial charge on any atom is 0.159 e. The lowest BCUT2D eigenvalue weighted by molar-refractivity contribution is -0.123. The molecule has 0 amide bonds. The molecule has 0 fully saturated rings. The second kappa shape index (κ2) is 5.73. The van der Waals surface area contributed by atoms with Crippen molar-refractivity contribution < 1.29 is 9.59 Å². The molecule has 0 bridgehead atoms. The van der Waals surface area contributed by atoms with E-state index in [1.807, 2.05) is 26.0 Å². The van der Waals surface area contributed by atoms with E-state index in [0.717, 1.165) is 5.56 Å². The van der Waals surface area contributed by atoms with E-state index in [9.17, 15) is 9.59 Å². The van der Waals surface area contributed by atoms with Crippen LogP contribution in [0.3, 0.4) is 0 Å². The van der Waals surface area contributed by atoms with Gasteiger partial charge in [-0.25, -0.2) is 0 Å². The summed E-state index contributed by atoms with van der Waals surface area (Å²) in [5, 5.41) is 0. The largest absolute Gasteiger partial charge is 0.321 e. The van der Waals surface area contributed by atoms with Crippen LogP contribution < -0.4 is 5.73 Å². The molecule has 1 rings (SSSR count). The third kappa shape index (κ3) is 3.79. The normalized spacial score (nSPS) is 12.5. The minimum atomic E-state index is -0.460. The number of hydrogen-bond donors (Lipinski definition) is 1. The Labute approximate surface area is 102 Å². The van der Waals surface area contributed by atoms with Gasteiger partial charge in [0.05, 0.1) is 6.04 Å². The molecule has 0 heterocycles. The smallest absolute Gasteiger partial charge is 0.159 e. The Hall–Kier alpha value is -1.48. The molecule has 1 aromatic carbocycles. The van der Waals surface area contributed by atoms with Gasteiger partial charge in [-0.3, -0.25) is 9.59 Å². The van der Waals surface area contributed by atoms with Crippen molar-refractivity contribution in [2.75, 3.05) is 0 Å². The van der Waals surface area contributed by atoms with Gasteiger partial charge in [-0.05, 0) is 18.9 Å². The maximum absolute atomic E-state index is 11.6. The third-order valence-corrected chi connectivity index (χ3v) is 2.75. The second-order valence-corrected chi connectivity index (χ2v) is 4.62. The van der Waals surface area contributed by atoms with Crippen molar-refractivity contribution in [2.45, 2.75) is 33.2 Å². The molecule has 0 aliphatic rings. The Morgan fingerprint density at radius 1 is 1.18 bits per heavy atom. The van der Waals surface area contributed by atoms with E-state index >= 15 is 0 Å². The number of nitrogens with two attached hydrogens (primary N) is 1. The topological polar surface area (TPSA) is 60.2 Å². The van der Waals surface area contributed by atoms with Crippen molar-refractivity contribution >= 4 is 11.6 Å². The van der Waals surface area contributed by atoms with E-state index in [1.165, 1.54) is 6.92 Å². The predicted molar refractivity (Wildman–Crippen MR) is 68.0 cm³/mol. The minimum absolute atomic E-state index is 0.0403. The number of carbonyl (C=O) groups excluding carboxylic acids is 2. The fourth-order valence-corrected chi connectivity index (χ4v) is 1.66. The van der Waals surface area contributed by atoms with Crippen molar-refractivity contribution in [3.8, 4) is 0 Å². The van der Waals surface area contributed by atoms with Crippen LogP contribution in [0.15, 0.2) is 24.3 Å². The zero-order chi connectivity index (χ0) is 13.0. The molecule has 1 aromatic rings. The van der Waals surface area contributed by atoms with Crippen LogP contribution in [0.1, 0.15) is 36.7 Å². The lowest BCUT2D eigenvalue weighted by Crippen LogP contribution is -2.35. The van der Waals surface area contributed by atoms with Crippen LogP contribution in [0.25, 0.3) is 0 Å². The molecule has 2 N–H and O–H groups in total. The van der Waals surface area contributed by atoms with Gasteiger partial charge in [0.25, 0.3) is 0 Å². The lowest BCUT2D eigenvalue weighted by Gasteiger charge is -2.13. The first-order chi connectivity index (χ1) is 7.91. The number of Topliss-reactive ketones (excluding diaryl/α,β-unsaturated/α-hetero) is 2. The fraction of sp³-hybridized carbons (Fsp3) is 0.429. The van der Waals surface area contributed by atoms with Crippen molar-refractivity contribution in [3.63, 3.8) is 0 Å². The molecular weight excluding hydrogens is 214 g/mol. The second-order valence-electron chi connectivity index (χ2n) is 4.62. The summed E-state index contributed by atoms with van der Waals surface area (Å²) in [5.74, 6) is 0.0706. The van der Waals surface area contributed by atoms with Gasteiger partial charge < -0.3 is 5.73 Å². The molecule has 1 atom stereocenters. The number of rotatable bonds is 5. The average molecular weight is 233 g/mol. The predicted octanol–water partition coefficient (Wildman–Crippen LogP) is 1.98. The highest BCUT2D eigenvalue weighted by atomic mass is 16.1. The quantitative estimate of drug-likeness (QED) is 0.791. The van der Waals surface area contributed by atoms with Crippen molar-refractivity contribution in [2.24, 2.45) is 11.7 Å². The van der Waals surface area contributed by atoms with Crippen molar-refractivity contribution in [3.05, 3.63) is 35.4 Å². The lowest BCUT2D eigenvalue weighted by atomic mass is 9.96. The van der Waals surface area contributed by atoms with Gasteiger partial charge >= 0.3 is 0 Å². The Morgan fingerprint density at radius 3 is 2.12 bits per heavy atom. The average Bonchev–Trinajstić information content (AvgIpc) is 2.28. The zero-order valence-electron chi connectivity index (χ0n) is 10.6. The number of ketones is 2. The molecule has 0 aliphatic carbocycles. The molecule has 0 saturated heterocycles. The summed E-state index contributed by atoms with van der Waals surface area (Å²) >= 11 is 0. The summed E-state index contributed by atoms with van der Waals surface area (Å²) < 4.78 is 0. The SMILES string of the molecule is CC(=O)c1ccc(CC(N)C(=O)C(C)C)cc1. The summed E-state index contributed by atoms with van der Waals surface area (Å²) in [4.78, 5) is 22.7. The van der Waals surface area contributed by atoms with Gasteiger partial charge in [-0.2, -0.15) is 0 Å². The summed E-state index contributed by atoms with van der Waals surface area (Å²) in [5.41, 5.74) is 7.49.